The Bertz CT molecular complexity index is 1810. The Hall–Kier alpha value is -1.85. The van der Waals surface area contributed by atoms with Crippen LogP contribution in [0.15, 0.2) is 30.7 Å². The van der Waals surface area contributed by atoms with Crippen LogP contribution in [0.1, 0.15) is 180 Å². The van der Waals surface area contributed by atoms with Crippen LogP contribution in [0.25, 0.3) is 11.3 Å². The van der Waals surface area contributed by atoms with Crippen molar-refractivity contribution in [1.82, 2.24) is 39.8 Å². The second kappa shape index (κ2) is 20.9. The lowest BCUT2D eigenvalue weighted by Crippen LogP contribution is -2.63. The molecule has 0 spiro atoms. The summed E-state index contributed by atoms with van der Waals surface area (Å²) >= 11 is 0. The minimum atomic E-state index is -0.0910. The Morgan fingerprint density at radius 3 is 1.89 bits per heavy atom. The highest BCUT2D eigenvalue weighted by Crippen LogP contribution is 2.45. The van der Waals surface area contributed by atoms with Crippen molar-refractivity contribution in [3.63, 3.8) is 0 Å². The third-order valence-electron chi connectivity index (χ3n) is 15.2. The molecule has 3 aliphatic heterocycles. The summed E-state index contributed by atoms with van der Waals surface area (Å²) in [6.07, 6.45) is 14.9. The Morgan fingerprint density at radius 2 is 1.32 bits per heavy atom. The van der Waals surface area contributed by atoms with E-state index < -0.39 is 0 Å². The van der Waals surface area contributed by atoms with E-state index >= 15 is 0 Å². The minimum absolute atomic E-state index is 0.0698. The highest BCUT2D eigenvalue weighted by Gasteiger charge is 2.50. The van der Waals surface area contributed by atoms with Gasteiger partial charge in [0.15, 0.2) is 0 Å². The molecule has 9 heteroatoms. The van der Waals surface area contributed by atoms with Crippen molar-refractivity contribution in [2.45, 2.75) is 222 Å². The maximum atomic E-state index is 7.24. The first-order valence-electron chi connectivity index (χ1n) is 26.7. The number of piperidine rings is 2. The summed E-state index contributed by atoms with van der Waals surface area (Å²) in [7, 11) is 0. The van der Waals surface area contributed by atoms with E-state index in [4.69, 9.17) is 9.72 Å². The van der Waals surface area contributed by atoms with Crippen LogP contribution in [0.4, 0.5) is 0 Å². The second-order valence-corrected chi connectivity index (χ2v) is 28.1. The molecular weight excluding hydrogens is 813 g/mol. The zero-order valence-corrected chi connectivity index (χ0v) is 45.9. The number of nitrogens with one attached hydrogen (secondary N) is 2. The molecule has 1 aliphatic carbocycles. The molecule has 1 aromatic carbocycles. The maximum absolute atomic E-state index is 7.24. The molecule has 1 atom stereocenters. The highest BCUT2D eigenvalue weighted by atomic mass is 16.5. The smallest absolute Gasteiger partial charge is 0.0956 e. The van der Waals surface area contributed by atoms with Crippen molar-refractivity contribution >= 4 is 0 Å². The third kappa shape index (κ3) is 16.1. The van der Waals surface area contributed by atoms with Crippen LogP contribution < -0.4 is 10.6 Å². The molecular formula is C57H102N8O. The molecule has 3 saturated heterocycles. The van der Waals surface area contributed by atoms with E-state index in [9.17, 15) is 0 Å². The predicted molar refractivity (Wildman–Crippen MR) is 281 cm³/mol. The zero-order valence-electron chi connectivity index (χ0n) is 45.9. The van der Waals surface area contributed by atoms with Crippen molar-refractivity contribution < 1.29 is 4.74 Å². The summed E-state index contributed by atoms with van der Waals surface area (Å²) in [5.41, 5.74) is 6.23. The molecule has 9 nitrogen and oxygen atoms in total. The van der Waals surface area contributed by atoms with Gasteiger partial charge in [-0.05, 0) is 167 Å². The number of nitrogens with zero attached hydrogens (tertiary/aromatic N) is 6. The molecule has 0 bridgehead atoms. The van der Waals surface area contributed by atoms with E-state index in [1.807, 2.05) is 0 Å². The Morgan fingerprint density at radius 1 is 0.712 bits per heavy atom. The number of rotatable bonds is 17. The summed E-state index contributed by atoms with van der Waals surface area (Å²) in [6.45, 7) is 53.0. The molecule has 1 aromatic heterocycles. The number of piperazine rings is 1. The summed E-state index contributed by atoms with van der Waals surface area (Å²) < 4.78 is 9.56. The number of hydrogen-bond donors (Lipinski definition) is 2. The number of ether oxygens (including phenoxy) is 1. The fourth-order valence-corrected chi connectivity index (χ4v) is 12.2. The topological polar surface area (TPSA) is 64.1 Å². The number of benzene rings is 1. The summed E-state index contributed by atoms with van der Waals surface area (Å²) in [4.78, 5) is 15.9. The van der Waals surface area contributed by atoms with Gasteiger partial charge in [-0.15, -0.1) is 0 Å². The Balaban J connectivity index is 1.05. The molecule has 2 N–H and O–H groups in total. The average molecular weight is 915 g/mol. The molecule has 1 saturated carbocycles. The average Bonchev–Trinajstić information content (AvgIpc) is 3.67. The SMILES string of the molecule is C[C@H](CNC(C)(C)CC1(OC2CCN(CC(C)(C)C)CC2)CC(NC(C)(C)C)C1)n1cnc(-c2ccc(CC(C)(C)C)c(CC(C)(C)CN3CCC(N4CCN(C(C)(C)C)CC4)CC3)c2)c1. The lowest BCUT2D eigenvalue weighted by atomic mass is 9.68. The van der Waals surface area contributed by atoms with Gasteiger partial charge in [0, 0.05) is 105 Å². The summed E-state index contributed by atoms with van der Waals surface area (Å²) in [5, 5.41) is 7.91. The van der Waals surface area contributed by atoms with Gasteiger partial charge < -0.3 is 29.7 Å². The minimum Gasteiger partial charge on any atom is -0.371 e. The monoisotopic (exact) mass is 915 g/mol. The van der Waals surface area contributed by atoms with Crippen molar-refractivity contribution in [2.75, 3.05) is 72.0 Å². The van der Waals surface area contributed by atoms with E-state index in [-0.39, 0.29) is 39.1 Å². The van der Waals surface area contributed by atoms with E-state index in [1.165, 1.54) is 68.8 Å². The van der Waals surface area contributed by atoms with Gasteiger partial charge in [0.05, 0.1) is 23.7 Å². The molecule has 376 valence electrons. The van der Waals surface area contributed by atoms with Crippen LogP contribution in [0.2, 0.25) is 0 Å². The van der Waals surface area contributed by atoms with Gasteiger partial charge in [-0.3, -0.25) is 9.80 Å². The Kier molecular flexibility index (Phi) is 16.9. The van der Waals surface area contributed by atoms with Gasteiger partial charge in [0.2, 0.25) is 0 Å². The molecule has 66 heavy (non-hydrogen) atoms. The summed E-state index contributed by atoms with van der Waals surface area (Å²) in [5.74, 6) is 0. The Labute approximate surface area is 406 Å². The second-order valence-electron chi connectivity index (χ2n) is 28.1. The molecule has 0 amide bonds. The highest BCUT2D eigenvalue weighted by molar-refractivity contribution is 5.60. The predicted octanol–water partition coefficient (Wildman–Crippen LogP) is 10.7. The number of hydrogen-bond acceptors (Lipinski definition) is 8. The third-order valence-corrected chi connectivity index (χ3v) is 15.2. The number of imidazole rings is 1. The van der Waals surface area contributed by atoms with Crippen LogP contribution in [-0.2, 0) is 17.6 Å². The van der Waals surface area contributed by atoms with Crippen LogP contribution in [0, 0.1) is 16.2 Å². The van der Waals surface area contributed by atoms with Crippen molar-refractivity contribution in [1.29, 1.82) is 0 Å². The number of likely N-dealkylation sites (tertiary alicyclic amines) is 2. The summed E-state index contributed by atoms with van der Waals surface area (Å²) in [6, 6.07) is 8.75. The molecule has 0 radical (unpaired) electrons. The molecule has 2 aromatic rings. The van der Waals surface area contributed by atoms with Gasteiger partial charge in [-0.25, -0.2) is 4.98 Å². The van der Waals surface area contributed by atoms with Crippen LogP contribution >= 0.6 is 0 Å². The number of aromatic nitrogens is 2. The maximum Gasteiger partial charge on any atom is 0.0956 e. The fraction of sp³-hybridized carbons (Fsp3) is 0.842. The van der Waals surface area contributed by atoms with Gasteiger partial charge in [-0.2, -0.15) is 0 Å². The molecule has 4 heterocycles. The fourth-order valence-electron chi connectivity index (χ4n) is 12.2. The zero-order chi connectivity index (χ0) is 48.5. The first kappa shape index (κ1) is 53.5. The van der Waals surface area contributed by atoms with E-state index in [2.05, 4.69) is 183 Å². The molecule has 4 fully saturated rings. The van der Waals surface area contributed by atoms with Crippen molar-refractivity contribution in [3.05, 3.63) is 41.9 Å². The standard InChI is InChI=1S/C57H102N8O/c1-43(37-59-56(16,17)39-57(35-47(36-57)60-53(8,9)10)66-49-22-26-61(27-23-49)40-52(5,6)7)64-38-50(58-42-64)44-18-19-45(33-51(2,3)4)46(32-44)34-55(14,15)41-62-24-20-48(21-25-62)63-28-30-65(31-29-63)54(11,12)13/h18-19,32,38,42-43,47-49,59-60H,20-31,33-37,39-41H2,1-17H3/t43-,47?,57?/m1/s1. The lowest BCUT2D eigenvalue weighted by molar-refractivity contribution is -0.176. The van der Waals surface area contributed by atoms with Crippen molar-refractivity contribution in [2.24, 2.45) is 16.2 Å². The molecule has 0 unspecified atom stereocenters. The quantitative estimate of drug-likeness (QED) is 0.163. The van der Waals surface area contributed by atoms with Gasteiger partial charge in [0.1, 0.15) is 0 Å². The van der Waals surface area contributed by atoms with Crippen molar-refractivity contribution in [3.8, 4) is 11.3 Å². The lowest BCUT2D eigenvalue weighted by Gasteiger charge is -2.54. The van der Waals surface area contributed by atoms with Crippen LogP contribution in [-0.4, -0.2) is 142 Å². The first-order valence-corrected chi connectivity index (χ1v) is 26.7. The van der Waals surface area contributed by atoms with Gasteiger partial charge >= 0.3 is 0 Å². The van der Waals surface area contributed by atoms with Gasteiger partial charge in [-0.1, -0.05) is 67.5 Å². The van der Waals surface area contributed by atoms with E-state index in [1.54, 1.807) is 0 Å². The normalized spacial score (nSPS) is 24.2. The van der Waals surface area contributed by atoms with Crippen LogP contribution in [0.3, 0.4) is 0 Å². The van der Waals surface area contributed by atoms with Gasteiger partial charge in [0.25, 0.3) is 0 Å². The van der Waals surface area contributed by atoms with E-state index in [0.717, 1.165) is 89.4 Å². The molecule has 4 aliphatic rings. The van der Waals surface area contributed by atoms with Crippen LogP contribution in [0.5, 0.6) is 0 Å². The molecule has 6 rings (SSSR count). The van der Waals surface area contributed by atoms with E-state index in [0.29, 0.717) is 17.6 Å². The first-order chi connectivity index (χ1) is 30.4. The largest absolute Gasteiger partial charge is 0.371 e.